The Hall–Kier alpha value is -1.88. The lowest BCUT2D eigenvalue weighted by Gasteiger charge is -2.12. The van der Waals surface area contributed by atoms with Crippen molar-refractivity contribution in [2.75, 3.05) is 32.7 Å². The van der Waals surface area contributed by atoms with Crippen molar-refractivity contribution >= 4 is 35.6 Å². The molecule has 8 nitrogen and oxygen atoms in total. The molecule has 0 atom stereocenters. The Morgan fingerprint density at radius 3 is 2.84 bits per heavy atom. The lowest BCUT2D eigenvalue weighted by atomic mass is 10.3. The van der Waals surface area contributed by atoms with Crippen LogP contribution in [0.5, 0.6) is 5.75 Å². The SMILES string of the molecule is CN=C(NCc1nc(C)no1)Nc1cccc(OCCCOC)c1.I. The molecular formula is C16H24IN5O3. The number of aromatic nitrogens is 2. The average Bonchev–Trinajstić information content (AvgIpc) is 3.01. The third-order valence-electron chi connectivity index (χ3n) is 3.06. The first-order valence-corrected chi connectivity index (χ1v) is 7.70. The molecule has 2 rings (SSSR count). The highest BCUT2D eigenvalue weighted by Crippen LogP contribution is 2.17. The third-order valence-corrected chi connectivity index (χ3v) is 3.06. The monoisotopic (exact) mass is 461 g/mol. The van der Waals surface area contributed by atoms with Crippen LogP contribution >= 0.6 is 24.0 Å². The van der Waals surface area contributed by atoms with Crippen LogP contribution in [-0.4, -0.2) is 43.5 Å². The van der Waals surface area contributed by atoms with Crippen LogP contribution in [0.2, 0.25) is 0 Å². The van der Waals surface area contributed by atoms with Gasteiger partial charge in [-0.2, -0.15) is 4.98 Å². The van der Waals surface area contributed by atoms with Gasteiger partial charge >= 0.3 is 0 Å². The minimum Gasteiger partial charge on any atom is -0.493 e. The number of aliphatic imine (C=N–C) groups is 1. The highest BCUT2D eigenvalue weighted by atomic mass is 127. The summed E-state index contributed by atoms with van der Waals surface area (Å²) in [4.78, 5) is 8.30. The lowest BCUT2D eigenvalue weighted by molar-refractivity contribution is 0.172. The van der Waals surface area contributed by atoms with Gasteiger partial charge in [-0.3, -0.25) is 4.99 Å². The molecule has 1 aromatic heterocycles. The summed E-state index contributed by atoms with van der Waals surface area (Å²) in [6.45, 7) is 3.47. The molecule has 0 bridgehead atoms. The molecule has 0 unspecified atom stereocenters. The molecule has 0 saturated carbocycles. The van der Waals surface area contributed by atoms with Crippen LogP contribution in [-0.2, 0) is 11.3 Å². The van der Waals surface area contributed by atoms with E-state index in [1.165, 1.54) is 0 Å². The van der Waals surface area contributed by atoms with E-state index in [0.717, 1.165) is 17.9 Å². The number of rotatable bonds is 8. The molecule has 0 aliphatic heterocycles. The van der Waals surface area contributed by atoms with Gasteiger partial charge in [0.25, 0.3) is 0 Å². The van der Waals surface area contributed by atoms with Crippen molar-refractivity contribution in [3.05, 3.63) is 36.0 Å². The molecular weight excluding hydrogens is 437 g/mol. The van der Waals surface area contributed by atoms with Gasteiger partial charge in [-0.1, -0.05) is 11.2 Å². The maximum absolute atomic E-state index is 5.68. The molecule has 2 N–H and O–H groups in total. The average molecular weight is 461 g/mol. The highest BCUT2D eigenvalue weighted by molar-refractivity contribution is 14.0. The van der Waals surface area contributed by atoms with E-state index in [9.17, 15) is 0 Å². The number of halogens is 1. The quantitative estimate of drug-likeness (QED) is 0.270. The van der Waals surface area contributed by atoms with Crippen LogP contribution < -0.4 is 15.4 Å². The number of hydrogen-bond donors (Lipinski definition) is 2. The van der Waals surface area contributed by atoms with Crippen LogP contribution in [0.1, 0.15) is 18.1 Å². The molecule has 0 aliphatic rings. The smallest absolute Gasteiger partial charge is 0.246 e. The minimum atomic E-state index is 0. The molecule has 0 amide bonds. The van der Waals surface area contributed by atoms with Gasteiger partial charge in [0.05, 0.1) is 13.2 Å². The van der Waals surface area contributed by atoms with Crippen LogP contribution in [0.4, 0.5) is 5.69 Å². The van der Waals surface area contributed by atoms with E-state index in [-0.39, 0.29) is 24.0 Å². The molecule has 0 aliphatic carbocycles. The molecule has 0 fully saturated rings. The van der Waals surface area contributed by atoms with Crippen molar-refractivity contribution in [3.63, 3.8) is 0 Å². The fourth-order valence-electron chi connectivity index (χ4n) is 1.94. The summed E-state index contributed by atoms with van der Waals surface area (Å²) in [6, 6.07) is 7.68. The first-order chi connectivity index (χ1) is 11.7. The van der Waals surface area contributed by atoms with E-state index in [2.05, 4.69) is 25.8 Å². The van der Waals surface area contributed by atoms with Gasteiger partial charge < -0.3 is 24.6 Å². The first kappa shape index (κ1) is 21.2. The summed E-state index contributed by atoms with van der Waals surface area (Å²) in [5.74, 6) is 2.50. The maximum Gasteiger partial charge on any atom is 0.246 e. The number of methoxy groups -OCH3 is 1. The van der Waals surface area contributed by atoms with Crippen molar-refractivity contribution in [2.24, 2.45) is 4.99 Å². The molecule has 9 heteroatoms. The fourth-order valence-corrected chi connectivity index (χ4v) is 1.94. The van der Waals surface area contributed by atoms with Gasteiger partial charge in [0.15, 0.2) is 11.8 Å². The van der Waals surface area contributed by atoms with Gasteiger partial charge in [-0.25, -0.2) is 0 Å². The maximum atomic E-state index is 5.68. The Kier molecular flexibility index (Phi) is 9.85. The van der Waals surface area contributed by atoms with Crippen molar-refractivity contribution in [1.29, 1.82) is 0 Å². The van der Waals surface area contributed by atoms with Gasteiger partial charge in [0.1, 0.15) is 5.75 Å². The minimum absolute atomic E-state index is 0. The predicted octanol–water partition coefficient (Wildman–Crippen LogP) is 2.60. The van der Waals surface area contributed by atoms with E-state index in [1.54, 1.807) is 21.1 Å². The normalized spacial score (nSPS) is 10.9. The van der Waals surface area contributed by atoms with Gasteiger partial charge in [0.2, 0.25) is 5.89 Å². The van der Waals surface area contributed by atoms with Crippen molar-refractivity contribution in [2.45, 2.75) is 19.9 Å². The van der Waals surface area contributed by atoms with Gasteiger partial charge in [-0.15, -0.1) is 24.0 Å². The standard InChI is InChI=1S/C16H23N5O3.HI/c1-12-19-15(24-21-12)11-18-16(17-2)20-13-6-4-7-14(10-13)23-9-5-8-22-3;/h4,6-7,10H,5,8-9,11H2,1-3H3,(H2,17,18,20);1H. The molecule has 138 valence electrons. The zero-order valence-electron chi connectivity index (χ0n) is 14.6. The molecule has 2 aromatic rings. The zero-order chi connectivity index (χ0) is 17.2. The van der Waals surface area contributed by atoms with Crippen molar-refractivity contribution in [3.8, 4) is 5.75 Å². The Morgan fingerprint density at radius 2 is 2.16 bits per heavy atom. The summed E-state index contributed by atoms with van der Waals surface area (Å²) in [7, 11) is 3.37. The molecule has 0 saturated heterocycles. The summed E-state index contributed by atoms with van der Waals surface area (Å²) in [6.07, 6.45) is 0.848. The van der Waals surface area contributed by atoms with Gasteiger partial charge in [0, 0.05) is 38.9 Å². The fraction of sp³-hybridized carbons (Fsp3) is 0.438. The molecule has 0 spiro atoms. The third kappa shape index (κ3) is 7.69. The van der Waals surface area contributed by atoms with E-state index in [0.29, 0.717) is 37.4 Å². The predicted molar refractivity (Wildman–Crippen MR) is 107 cm³/mol. The summed E-state index contributed by atoms with van der Waals surface area (Å²) in [5, 5.41) is 10.1. The van der Waals surface area contributed by atoms with E-state index < -0.39 is 0 Å². The number of benzene rings is 1. The van der Waals surface area contributed by atoms with E-state index in [1.807, 2.05) is 24.3 Å². The molecule has 1 heterocycles. The van der Waals surface area contributed by atoms with Crippen molar-refractivity contribution in [1.82, 2.24) is 15.5 Å². The van der Waals surface area contributed by atoms with Crippen LogP contribution in [0.15, 0.2) is 33.8 Å². The van der Waals surface area contributed by atoms with E-state index >= 15 is 0 Å². The number of hydrogen-bond acceptors (Lipinski definition) is 6. The Labute approximate surface area is 164 Å². The molecule has 1 aromatic carbocycles. The second-order valence-electron chi connectivity index (χ2n) is 5.01. The molecule has 25 heavy (non-hydrogen) atoms. The Bertz CT molecular complexity index is 663. The number of nitrogens with zero attached hydrogens (tertiary/aromatic N) is 3. The summed E-state index contributed by atoms with van der Waals surface area (Å²) >= 11 is 0. The number of aryl methyl sites for hydroxylation is 1. The summed E-state index contributed by atoms with van der Waals surface area (Å²) < 4.78 is 15.7. The van der Waals surface area contributed by atoms with E-state index in [4.69, 9.17) is 14.0 Å². The first-order valence-electron chi connectivity index (χ1n) is 7.70. The number of anilines is 1. The Morgan fingerprint density at radius 1 is 1.32 bits per heavy atom. The zero-order valence-corrected chi connectivity index (χ0v) is 16.9. The van der Waals surface area contributed by atoms with Crippen LogP contribution in [0, 0.1) is 6.92 Å². The Balaban J connectivity index is 0.00000312. The lowest BCUT2D eigenvalue weighted by Crippen LogP contribution is -2.30. The number of nitrogens with one attached hydrogen (secondary N) is 2. The topological polar surface area (TPSA) is 93.8 Å². The highest BCUT2D eigenvalue weighted by Gasteiger charge is 2.05. The number of ether oxygens (including phenoxy) is 2. The summed E-state index contributed by atoms with van der Waals surface area (Å²) in [5.41, 5.74) is 0.869. The molecule has 0 radical (unpaired) electrons. The van der Waals surface area contributed by atoms with Gasteiger partial charge in [-0.05, 0) is 19.1 Å². The second-order valence-corrected chi connectivity index (χ2v) is 5.01. The largest absolute Gasteiger partial charge is 0.493 e. The van der Waals surface area contributed by atoms with Crippen LogP contribution in [0.3, 0.4) is 0 Å². The van der Waals surface area contributed by atoms with Crippen LogP contribution in [0.25, 0.3) is 0 Å². The van der Waals surface area contributed by atoms with Crippen molar-refractivity contribution < 1.29 is 14.0 Å². The second kappa shape index (κ2) is 11.6. The number of guanidine groups is 1.